The number of aromatic nitrogens is 3. The lowest BCUT2D eigenvalue weighted by molar-refractivity contribution is 0.628. The first-order chi connectivity index (χ1) is 9.61. The molecule has 4 nitrogen and oxygen atoms in total. The average molecular weight is 308 g/mol. The molecule has 0 aliphatic rings. The summed E-state index contributed by atoms with van der Waals surface area (Å²) in [6.45, 7) is 0. The van der Waals surface area contributed by atoms with Gasteiger partial charge in [0, 0.05) is 6.07 Å². The molecule has 0 aliphatic heterocycles. The van der Waals surface area contributed by atoms with Gasteiger partial charge in [0.05, 0.1) is 5.69 Å². The fourth-order valence-corrected chi connectivity index (χ4v) is 2.57. The zero-order valence-electron chi connectivity index (χ0n) is 9.96. The van der Waals surface area contributed by atoms with E-state index in [0.29, 0.717) is 10.7 Å². The lowest BCUT2D eigenvalue weighted by Crippen LogP contribution is -2.14. The van der Waals surface area contributed by atoms with Gasteiger partial charge in [-0.2, -0.15) is 4.52 Å². The van der Waals surface area contributed by atoms with Gasteiger partial charge in [-0.05, 0) is 35.4 Å². The van der Waals surface area contributed by atoms with Gasteiger partial charge in [-0.15, -0.1) is 5.10 Å². The molecule has 0 atom stereocenters. The summed E-state index contributed by atoms with van der Waals surface area (Å²) in [5.41, 5.74) is 1.02. The van der Waals surface area contributed by atoms with Crippen LogP contribution in [-0.2, 0) is 0 Å². The Bertz CT molecular complexity index is 854. The molecule has 2 heterocycles. The Balaban J connectivity index is 1.98. The molecular weight excluding hydrogens is 301 g/mol. The maximum absolute atomic E-state index is 12.8. The number of hydrogen-bond acceptors (Lipinski definition) is 4. The summed E-state index contributed by atoms with van der Waals surface area (Å²) in [6, 6.07) is 7.38. The molecule has 2 aromatic heterocycles. The van der Waals surface area contributed by atoms with Gasteiger partial charge in [0.1, 0.15) is 5.82 Å². The van der Waals surface area contributed by atoms with Gasteiger partial charge in [0.25, 0.3) is 5.56 Å². The van der Waals surface area contributed by atoms with Crippen LogP contribution < -0.4 is 5.56 Å². The predicted molar refractivity (Wildman–Crippen MR) is 77.5 cm³/mol. The fourth-order valence-electron chi connectivity index (χ4n) is 1.65. The summed E-state index contributed by atoms with van der Waals surface area (Å²) >= 11 is 6.88. The van der Waals surface area contributed by atoms with Gasteiger partial charge in [-0.1, -0.05) is 29.5 Å². The predicted octanol–water partition coefficient (Wildman–Crippen LogP) is 3.11. The van der Waals surface area contributed by atoms with E-state index in [1.54, 1.807) is 24.3 Å². The van der Waals surface area contributed by atoms with Crippen LogP contribution in [0.1, 0.15) is 11.3 Å². The summed E-state index contributed by atoms with van der Waals surface area (Å²) in [7, 11) is 0. The quantitative estimate of drug-likeness (QED) is 0.731. The summed E-state index contributed by atoms with van der Waals surface area (Å²) < 4.78 is 14.2. The smallest absolute Gasteiger partial charge is 0.267 e. The molecule has 3 aromatic rings. The van der Waals surface area contributed by atoms with E-state index in [9.17, 15) is 9.18 Å². The minimum Gasteiger partial charge on any atom is -0.267 e. The topological polar surface area (TPSA) is 47.3 Å². The van der Waals surface area contributed by atoms with Crippen molar-refractivity contribution in [2.75, 3.05) is 0 Å². The summed E-state index contributed by atoms with van der Waals surface area (Å²) in [5, 5.41) is 3.84. The minimum absolute atomic E-state index is 0.259. The Labute approximate surface area is 121 Å². The SMILES string of the molecule is O=c1cc(/C=C/c2ccc(F)cc2)nc2sc(Cl)nn12. The van der Waals surface area contributed by atoms with E-state index >= 15 is 0 Å². The van der Waals surface area contributed by atoms with Crippen molar-refractivity contribution >= 4 is 40.1 Å². The third-order valence-electron chi connectivity index (χ3n) is 2.56. The molecule has 3 rings (SSSR count). The van der Waals surface area contributed by atoms with Crippen molar-refractivity contribution in [3.8, 4) is 0 Å². The van der Waals surface area contributed by atoms with Crippen LogP contribution >= 0.6 is 22.9 Å². The fraction of sp³-hybridized carbons (Fsp3) is 0. The first kappa shape index (κ1) is 13.0. The van der Waals surface area contributed by atoms with Crippen molar-refractivity contribution in [1.82, 2.24) is 14.6 Å². The Hall–Kier alpha value is -2.05. The second kappa shape index (κ2) is 5.15. The second-order valence-corrected chi connectivity index (χ2v) is 5.49. The van der Waals surface area contributed by atoms with Gasteiger partial charge in [-0.3, -0.25) is 4.79 Å². The molecule has 100 valence electrons. The van der Waals surface area contributed by atoms with Crippen molar-refractivity contribution in [2.45, 2.75) is 0 Å². The van der Waals surface area contributed by atoms with Crippen molar-refractivity contribution in [2.24, 2.45) is 0 Å². The Kier molecular flexibility index (Phi) is 3.33. The van der Waals surface area contributed by atoms with Gasteiger partial charge < -0.3 is 0 Å². The molecule has 1 aromatic carbocycles. The number of benzene rings is 1. The van der Waals surface area contributed by atoms with E-state index in [-0.39, 0.29) is 15.8 Å². The molecule has 0 saturated carbocycles. The van der Waals surface area contributed by atoms with Crippen LogP contribution in [0.5, 0.6) is 0 Å². The largest absolute Gasteiger partial charge is 0.275 e. The highest BCUT2D eigenvalue weighted by molar-refractivity contribution is 7.20. The molecule has 0 fully saturated rings. The highest BCUT2D eigenvalue weighted by Crippen LogP contribution is 2.16. The number of halogens is 2. The molecule has 20 heavy (non-hydrogen) atoms. The standard InChI is InChI=1S/C13H7ClFN3OS/c14-12-17-18-11(19)7-10(16-13(18)20-12)6-3-8-1-4-9(15)5-2-8/h1-7H/b6-3+. The maximum Gasteiger partial charge on any atom is 0.275 e. The molecule has 0 N–H and O–H groups in total. The molecular formula is C13H7ClFN3OS. The summed E-state index contributed by atoms with van der Waals surface area (Å²) in [4.78, 5) is 16.5. The lowest BCUT2D eigenvalue weighted by Gasteiger charge is -1.95. The van der Waals surface area contributed by atoms with E-state index in [1.807, 2.05) is 0 Å². The monoisotopic (exact) mass is 307 g/mol. The van der Waals surface area contributed by atoms with Gasteiger partial charge in [-0.25, -0.2) is 9.37 Å². The first-order valence-corrected chi connectivity index (χ1v) is 6.81. The molecule has 0 bridgehead atoms. The minimum atomic E-state index is -0.295. The van der Waals surface area contributed by atoms with Crippen LogP contribution in [-0.4, -0.2) is 14.6 Å². The van der Waals surface area contributed by atoms with Crippen molar-refractivity contribution in [1.29, 1.82) is 0 Å². The third kappa shape index (κ3) is 2.61. The second-order valence-electron chi connectivity index (χ2n) is 3.95. The van der Waals surface area contributed by atoms with E-state index < -0.39 is 0 Å². The highest BCUT2D eigenvalue weighted by atomic mass is 35.5. The van der Waals surface area contributed by atoms with Crippen LogP contribution in [0, 0.1) is 5.82 Å². The highest BCUT2D eigenvalue weighted by Gasteiger charge is 2.05. The molecule has 0 amide bonds. The van der Waals surface area contributed by atoms with Crippen LogP contribution in [0.25, 0.3) is 17.1 Å². The number of hydrogen-bond donors (Lipinski definition) is 0. The molecule has 0 saturated heterocycles. The van der Waals surface area contributed by atoms with Crippen LogP contribution in [0.15, 0.2) is 35.1 Å². The summed E-state index contributed by atoms with van der Waals surface area (Å²) in [6.07, 6.45) is 3.43. The number of fused-ring (bicyclic) bond motifs is 1. The van der Waals surface area contributed by atoms with Crippen LogP contribution in [0.4, 0.5) is 4.39 Å². The summed E-state index contributed by atoms with van der Waals surface area (Å²) in [5.74, 6) is -0.292. The zero-order valence-corrected chi connectivity index (χ0v) is 11.5. The van der Waals surface area contributed by atoms with Gasteiger partial charge in [0.2, 0.25) is 9.43 Å². The third-order valence-corrected chi connectivity index (χ3v) is 3.56. The molecule has 0 unspecified atom stereocenters. The Morgan fingerprint density at radius 3 is 2.75 bits per heavy atom. The molecule has 0 spiro atoms. The Morgan fingerprint density at radius 1 is 1.25 bits per heavy atom. The normalized spacial score (nSPS) is 11.5. The molecule has 7 heteroatoms. The van der Waals surface area contributed by atoms with E-state index in [1.165, 1.54) is 18.2 Å². The lowest BCUT2D eigenvalue weighted by atomic mass is 10.2. The zero-order chi connectivity index (χ0) is 14.1. The van der Waals surface area contributed by atoms with Crippen molar-refractivity contribution < 1.29 is 4.39 Å². The van der Waals surface area contributed by atoms with Gasteiger partial charge >= 0.3 is 0 Å². The molecule has 0 aliphatic carbocycles. The van der Waals surface area contributed by atoms with Crippen LogP contribution in [0.2, 0.25) is 4.47 Å². The van der Waals surface area contributed by atoms with Gasteiger partial charge in [0.15, 0.2) is 0 Å². The van der Waals surface area contributed by atoms with E-state index in [2.05, 4.69) is 10.1 Å². The number of nitrogens with zero attached hydrogens (tertiary/aromatic N) is 3. The number of rotatable bonds is 2. The van der Waals surface area contributed by atoms with E-state index in [0.717, 1.165) is 21.4 Å². The van der Waals surface area contributed by atoms with Crippen molar-refractivity contribution in [3.05, 3.63) is 62.2 Å². The molecule has 0 radical (unpaired) electrons. The van der Waals surface area contributed by atoms with Crippen molar-refractivity contribution in [3.63, 3.8) is 0 Å². The van der Waals surface area contributed by atoms with E-state index in [4.69, 9.17) is 11.6 Å². The maximum atomic E-state index is 12.8. The Morgan fingerprint density at radius 2 is 2.00 bits per heavy atom. The average Bonchev–Trinajstić information content (AvgIpc) is 2.79. The van der Waals surface area contributed by atoms with Crippen LogP contribution in [0.3, 0.4) is 0 Å². The first-order valence-electron chi connectivity index (χ1n) is 5.62.